The Morgan fingerprint density at radius 3 is 1.67 bits per heavy atom. The number of carbonyl (C=O) groups is 1. The maximum absolute atomic E-state index is 11.4. The highest BCUT2D eigenvalue weighted by molar-refractivity contribution is 6.18. The van der Waals surface area contributed by atoms with Crippen molar-refractivity contribution in [1.82, 2.24) is 0 Å². The predicted molar refractivity (Wildman–Crippen MR) is 103 cm³/mol. The van der Waals surface area contributed by atoms with Crippen molar-refractivity contribution in [1.29, 1.82) is 0 Å². The zero-order chi connectivity index (χ0) is 17.9. The molecule has 0 aliphatic carbocycles. The average molecular weight is 363 g/mol. The van der Waals surface area contributed by atoms with E-state index >= 15 is 0 Å². The van der Waals surface area contributed by atoms with Crippen LogP contribution in [-0.2, 0) is 9.53 Å². The molecule has 0 bridgehead atoms. The van der Waals surface area contributed by atoms with E-state index in [2.05, 4.69) is 6.92 Å². The molecule has 0 radical (unpaired) electrons. The van der Waals surface area contributed by atoms with Crippen LogP contribution >= 0.6 is 11.6 Å². The van der Waals surface area contributed by atoms with E-state index < -0.39 is 6.10 Å². The highest BCUT2D eigenvalue weighted by atomic mass is 35.5. The molecule has 3 nitrogen and oxygen atoms in total. The first-order valence-electron chi connectivity index (χ1n) is 10.1. The normalized spacial score (nSPS) is 12.3. The highest BCUT2D eigenvalue weighted by Crippen LogP contribution is 2.13. The number of esters is 1. The van der Waals surface area contributed by atoms with Crippen molar-refractivity contribution < 1.29 is 14.6 Å². The van der Waals surface area contributed by atoms with Crippen LogP contribution in [0.3, 0.4) is 0 Å². The highest BCUT2D eigenvalue weighted by Gasteiger charge is 2.07. The fourth-order valence-corrected chi connectivity index (χ4v) is 2.86. The summed E-state index contributed by atoms with van der Waals surface area (Å²) >= 11 is 5.43. The number of carbonyl (C=O) groups excluding carboxylic acids is 1. The summed E-state index contributed by atoms with van der Waals surface area (Å²) in [5.74, 6) is -0.121. The molecule has 24 heavy (non-hydrogen) atoms. The largest absolute Gasteiger partial charge is 0.463 e. The second-order valence-electron chi connectivity index (χ2n) is 6.84. The maximum atomic E-state index is 11.4. The van der Waals surface area contributed by atoms with Crippen molar-refractivity contribution >= 4 is 17.6 Å². The van der Waals surface area contributed by atoms with Gasteiger partial charge in [0.25, 0.3) is 0 Å². The van der Waals surface area contributed by atoms with E-state index in [9.17, 15) is 9.90 Å². The van der Waals surface area contributed by atoms with Gasteiger partial charge in [-0.15, -0.1) is 11.6 Å². The van der Waals surface area contributed by atoms with Gasteiger partial charge in [0.15, 0.2) is 0 Å². The van der Waals surface area contributed by atoms with Crippen molar-refractivity contribution in [2.24, 2.45) is 0 Å². The Kier molecular flexibility index (Phi) is 18.8. The maximum Gasteiger partial charge on any atom is 0.305 e. The van der Waals surface area contributed by atoms with Crippen LogP contribution in [0.4, 0.5) is 0 Å². The molecule has 1 unspecified atom stereocenters. The molecule has 144 valence electrons. The lowest BCUT2D eigenvalue weighted by molar-refractivity contribution is -0.146. The minimum Gasteiger partial charge on any atom is -0.463 e. The molecule has 1 atom stereocenters. The Labute approximate surface area is 154 Å². The summed E-state index contributed by atoms with van der Waals surface area (Å²) in [5, 5.41) is 9.19. The molecule has 0 spiro atoms. The minimum absolute atomic E-state index is 0.0148. The molecular formula is C20H39ClO3. The monoisotopic (exact) mass is 362 g/mol. The Hall–Kier alpha value is -0.280. The SMILES string of the molecule is CCCCCCCCCCCCCCCCC(=O)OCC(O)CCl. The third kappa shape index (κ3) is 18.1. The lowest BCUT2D eigenvalue weighted by Crippen LogP contribution is -2.19. The van der Waals surface area contributed by atoms with Gasteiger partial charge in [0, 0.05) is 6.42 Å². The van der Waals surface area contributed by atoms with Crippen LogP contribution in [0.5, 0.6) is 0 Å². The van der Waals surface area contributed by atoms with Crippen LogP contribution < -0.4 is 0 Å². The summed E-state index contributed by atoms with van der Waals surface area (Å²) in [6.07, 6.45) is 18.0. The van der Waals surface area contributed by atoms with Gasteiger partial charge in [-0.3, -0.25) is 4.79 Å². The molecule has 0 aliphatic rings. The van der Waals surface area contributed by atoms with Crippen LogP contribution in [0.15, 0.2) is 0 Å². The van der Waals surface area contributed by atoms with E-state index in [4.69, 9.17) is 16.3 Å². The van der Waals surface area contributed by atoms with Crippen LogP contribution in [0, 0.1) is 0 Å². The van der Waals surface area contributed by atoms with Gasteiger partial charge in [0.2, 0.25) is 0 Å². The zero-order valence-corrected chi connectivity index (χ0v) is 16.5. The van der Waals surface area contributed by atoms with E-state index in [1.807, 2.05) is 0 Å². The number of hydrogen-bond donors (Lipinski definition) is 1. The third-order valence-corrected chi connectivity index (χ3v) is 4.71. The summed E-state index contributed by atoms with van der Waals surface area (Å²) in [5.41, 5.74) is 0. The fourth-order valence-electron chi connectivity index (χ4n) is 2.77. The van der Waals surface area contributed by atoms with Gasteiger partial charge in [-0.25, -0.2) is 0 Å². The molecule has 4 heteroatoms. The van der Waals surface area contributed by atoms with Crippen LogP contribution in [-0.4, -0.2) is 29.7 Å². The Balaban J connectivity index is 3.13. The van der Waals surface area contributed by atoms with Gasteiger partial charge < -0.3 is 9.84 Å². The van der Waals surface area contributed by atoms with Gasteiger partial charge in [-0.05, 0) is 6.42 Å². The van der Waals surface area contributed by atoms with Gasteiger partial charge in [-0.1, -0.05) is 90.4 Å². The third-order valence-electron chi connectivity index (χ3n) is 4.35. The van der Waals surface area contributed by atoms with Gasteiger partial charge in [0.05, 0.1) is 5.88 Å². The molecule has 0 aliphatic heterocycles. The number of unbranched alkanes of at least 4 members (excludes halogenated alkanes) is 13. The minimum atomic E-state index is -0.744. The Morgan fingerprint density at radius 1 is 0.833 bits per heavy atom. The van der Waals surface area contributed by atoms with Crippen molar-refractivity contribution in [3.05, 3.63) is 0 Å². The summed E-state index contributed by atoms with van der Waals surface area (Å²) in [7, 11) is 0. The van der Waals surface area contributed by atoms with E-state index in [1.165, 1.54) is 77.0 Å². The van der Waals surface area contributed by atoms with E-state index in [0.29, 0.717) is 6.42 Å². The molecule has 0 heterocycles. The van der Waals surface area contributed by atoms with E-state index in [1.54, 1.807) is 0 Å². The Bertz CT molecular complexity index is 272. The predicted octanol–water partition coefficient (Wildman–Crippen LogP) is 6.00. The molecule has 0 saturated carbocycles. The summed E-state index contributed by atoms with van der Waals surface area (Å²) < 4.78 is 4.93. The molecule has 0 rings (SSSR count). The lowest BCUT2D eigenvalue weighted by Gasteiger charge is -2.08. The number of halogens is 1. The molecule has 0 aromatic carbocycles. The first-order chi connectivity index (χ1) is 11.7. The topological polar surface area (TPSA) is 46.5 Å². The average Bonchev–Trinajstić information content (AvgIpc) is 2.59. The molecular weight excluding hydrogens is 324 g/mol. The molecule has 0 aromatic rings. The van der Waals surface area contributed by atoms with Gasteiger partial charge in [-0.2, -0.15) is 0 Å². The van der Waals surface area contributed by atoms with E-state index in [0.717, 1.165) is 12.8 Å². The van der Waals surface area contributed by atoms with Crippen molar-refractivity contribution in [2.75, 3.05) is 12.5 Å². The molecule has 0 saturated heterocycles. The quantitative estimate of drug-likeness (QED) is 0.185. The van der Waals surface area contributed by atoms with Crippen LogP contribution in [0.1, 0.15) is 103 Å². The zero-order valence-electron chi connectivity index (χ0n) is 15.7. The number of aliphatic hydroxyl groups is 1. The lowest BCUT2D eigenvalue weighted by atomic mass is 10.0. The molecule has 0 amide bonds. The standard InChI is InChI=1S/C20H39ClO3/c1-2-3-4-5-6-7-8-9-10-11-12-13-14-15-16-20(23)24-18-19(22)17-21/h19,22H,2-18H2,1H3. The summed E-state index contributed by atoms with van der Waals surface area (Å²) in [4.78, 5) is 11.4. The summed E-state index contributed by atoms with van der Waals surface area (Å²) in [6.45, 7) is 2.28. The van der Waals surface area contributed by atoms with Crippen molar-refractivity contribution in [3.8, 4) is 0 Å². The van der Waals surface area contributed by atoms with Crippen LogP contribution in [0.2, 0.25) is 0 Å². The summed E-state index contributed by atoms with van der Waals surface area (Å²) in [6, 6.07) is 0. The van der Waals surface area contributed by atoms with Gasteiger partial charge in [0.1, 0.15) is 12.7 Å². The van der Waals surface area contributed by atoms with Crippen molar-refractivity contribution in [3.63, 3.8) is 0 Å². The fraction of sp³-hybridized carbons (Fsp3) is 0.950. The Morgan fingerprint density at radius 2 is 1.25 bits per heavy atom. The number of aliphatic hydroxyl groups excluding tert-OH is 1. The molecule has 0 aromatic heterocycles. The second-order valence-corrected chi connectivity index (χ2v) is 7.15. The first-order valence-corrected chi connectivity index (χ1v) is 10.6. The number of ether oxygens (including phenoxy) is 1. The van der Waals surface area contributed by atoms with E-state index in [-0.39, 0.29) is 18.5 Å². The number of alkyl halides is 1. The van der Waals surface area contributed by atoms with Gasteiger partial charge >= 0.3 is 5.97 Å². The second kappa shape index (κ2) is 19.1. The molecule has 1 N–H and O–H groups in total. The number of rotatable bonds is 18. The van der Waals surface area contributed by atoms with Crippen molar-refractivity contribution in [2.45, 2.75) is 109 Å². The first kappa shape index (κ1) is 23.7. The number of hydrogen-bond acceptors (Lipinski definition) is 3. The molecule has 0 fully saturated rings. The smallest absolute Gasteiger partial charge is 0.305 e. The van der Waals surface area contributed by atoms with Crippen LogP contribution in [0.25, 0.3) is 0 Å².